The Balaban J connectivity index is 0.000000212. The Kier molecular flexibility index (Phi) is 9.63. The van der Waals surface area contributed by atoms with Crippen LogP contribution in [0.4, 0.5) is 43.5 Å². The lowest BCUT2D eigenvalue weighted by molar-refractivity contribution is -0.138. The smallest absolute Gasteiger partial charge is 0.372 e. The lowest BCUT2D eigenvalue weighted by Crippen LogP contribution is -2.42. The predicted octanol–water partition coefficient (Wildman–Crippen LogP) is 7.49. The third kappa shape index (κ3) is 8.70. The van der Waals surface area contributed by atoms with Crippen LogP contribution in [0.15, 0.2) is 90.2 Å². The summed E-state index contributed by atoms with van der Waals surface area (Å²) in [7, 11) is 0. The van der Waals surface area contributed by atoms with Crippen LogP contribution in [-0.2, 0) is 12.4 Å². The van der Waals surface area contributed by atoms with Crippen LogP contribution in [0.2, 0.25) is 5.02 Å². The zero-order valence-electron chi connectivity index (χ0n) is 25.1. The fourth-order valence-electron chi connectivity index (χ4n) is 4.60. The summed E-state index contributed by atoms with van der Waals surface area (Å²) in [5, 5.41) is 25.2. The summed E-state index contributed by atoms with van der Waals surface area (Å²) in [5.74, 6) is 1.66. The van der Waals surface area contributed by atoms with Crippen molar-refractivity contribution in [2.24, 2.45) is 10.7 Å². The molecule has 49 heavy (non-hydrogen) atoms. The fourth-order valence-corrected chi connectivity index (χ4v) is 4.76. The number of benzene rings is 2. The normalized spacial score (nSPS) is 16.0. The van der Waals surface area contributed by atoms with Gasteiger partial charge in [-0.25, -0.2) is 19.9 Å². The summed E-state index contributed by atoms with van der Waals surface area (Å²) in [6.07, 6.45) is -4.55. The maximum Gasteiger partial charge on any atom is 0.416 e. The molecule has 2 aromatic carbocycles. The van der Waals surface area contributed by atoms with Gasteiger partial charge in [-0.2, -0.15) is 31.6 Å². The van der Waals surface area contributed by atoms with E-state index in [4.69, 9.17) is 17.3 Å². The molecule has 0 spiro atoms. The van der Waals surface area contributed by atoms with Crippen molar-refractivity contribution in [2.75, 3.05) is 10.6 Å². The molecule has 3 aromatic heterocycles. The van der Waals surface area contributed by atoms with Gasteiger partial charge in [-0.05, 0) is 79.7 Å². The molecule has 10 nitrogen and oxygen atoms in total. The second-order valence-corrected chi connectivity index (χ2v) is 11.1. The number of aliphatic imine (C=N–C) groups is 1. The van der Waals surface area contributed by atoms with Crippen LogP contribution in [0.5, 0.6) is 0 Å². The van der Waals surface area contributed by atoms with Gasteiger partial charge in [0.05, 0.1) is 39.7 Å². The van der Waals surface area contributed by atoms with Gasteiger partial charge in [0.15, 0.2) is 5.65 Å². The lowest BCUT2D eigenvalue weighted by atomic mass is 10.1. The molecule has 17 heteroatoms. The van der Waals surface area contributed by atoms with E-state index in [0.29, 0.717) is 56.4 Å². The van der Waals surface area contributed by atoms with Gasteiger partial charge in [0.1, 0.15) is 29.0 Å². The zero-order valence-corrected chi connectivity index (χ0v) is 25.9. The molecule has 4 heterocycles. The molecule has 0 amide bonds. The molecule has 0 radical (unpaired) electrons. The number of halogens is 7. The van der Waals surface area contributed by atoms with Crippen molar-refractivity contribution >= 4 is 45.8 Å². The number of pyridine rings is 2. The summed E-state index contributed by atoms with van der Waals surface area (Å²) in [4.78, 5) is 17.0. The number of anilines is 3. The second-order valence-electron chi connectivity index (χ2n) is 10.7. The van der Waals surface area contributed by atoms with Gasteiger partial charge in [0.2, 0.25) is 0 Å². The highest BCUT2D eigenvalue weighted by molar-refractivity contribution is 6.31. The first-order chi connectivity index (χ1) is 23.0. The Morgan fingerprint density at radius 2 is 1.51 bits per heavy atom. The van der Waals surface area contributed by atoms with Gasteiger partial charge < -0.3 is 15.7 Å². The van der Waals surface area contributed by atoms with Crippen molar-refractivity contribution in [3.8, 4) is 11.9 Å². The van der Waals surface area contributed by atoms with E-state index in [-0.39, 0.29) is 6.42 Å². The molecule has 1 unspecified atom stereocenters. The molecule has 0 saturated carbocycles. The third-order valence-electron chi connectivity index (χ3n) is 6.85. The van der Waals surface area contributed by atoms with E-state index < -0.39 is 29.2 Å². The summed E-state index contributed by atoms with van der Waals surface area (Å²) in [5.41, 5.74) is 4.77. The number of alkyl halides is 6. The molecule has 1 aliphatic heterocycles. The third-order valence-corrected chi connectivity index (χ3v) is 7.05. The maximum atomic E-state index is 12.8. The zero-order chi connectivity index (χ0) is 35.6. The summed E-state index contributed by atoms with van der Waals surface area (Å²) in [6.45, 7) is 1.76. The molecule has 1 atom stereocenters. The number of aryl methyl sites for hydroxylation is 1. The number of nitriles is 1. The number of aliphatic hydroxyl groups is 1. The van der Waals surface area contributed by atoms with Crippen molar-refractivity contribution < 1.29 is 31.4 Å². The monoisotopic (exact) mass is 699 g/mol. The summed E-state index contributed by atoms with van der Waals surface area (Å²) < 4.78 is 77.1. The Bertz CT molecular complexity index is 2080. The van der Waals surface area contributed by atoms with E-state index in [9.17, 15) is 36.7 Å². The predicted molar refractivity (Wildman–Crippen MR) is 171 cm³/mol. The number of hydrogen-bond donors (Lipinski definition) is 4. The molecule has 0 fully saturated rings. The number of nitrogens with two attached hydrogens (primary N) is 1. The van der Waals surface area contributed by atoms with Crippen LogP contribution in [0, 0.1) is 18.3 Å². The SMILES string of the molecule is Cc1nc2ncc(Cl)cc2n1-c1cc(C#N)cc(Nc2ccc(C(F)(F)F)cc2)n1.NC1(O)C=CN=C(Nc2ccc(C(F)(F)F)cc2)C1. The minimum absolute atomic E-state index is 0.0600. The van der Waals surface area contributed by atoms with Gasteiger partial charge in [-0.1, -0.05) is 11.6 Å². The van der Waals surface area contributed by atoms with Crippen LogP contribution in [-0.4, -0.2) is 36.2 Å². The molecule has 0 saturated heterocycles. The molecule has 0 bridgehead atoms. The number of rotatable bonds is 4. The van der Waals surface area contributed by atoms with Crippen LogP contribution in [0.3, 0.4) is 0 Å². The van der Waals surface area contributed by atoms with E-state index in [2.05, 4.69) is 36.6 Å². The molecular weight excluding hydrogens is 676 g/mol. The van der Waals surface area contributed by atoms with Crippen LogP contribution in [0.1, 0.15) is 28.9 Å². The van der Waals surface area contributed by atoms with Gasteiger partial charge in [0.25, 0.3) is 0 Å². The first-order valence-electron chi connectivity index (χ1n) is 14.1. The van der Waals surface area contributed by atoms with Crippen LogP contribution < -0.4 is 16.4 Å². The van der Waals surface area contributed by atoms with Gasteiger partial charge in [0, 0.05) is 23.8 Å². The van der Waals surface area contributed by atoms with E-state index in [1.54, 1.807) is 23.6 Å². The maximum absolute atomic E-state index is 12.8. The summed E-state index contributed by atoms with van der Waals surface area (Å²) >= 11 is 6.06. The molecule has 5 N–H and O–H groups in total. The van der Waals surface area contributed by atoms with Crippen molar-refractivity contribution in [1.82, 2.24) is 19.5 Å². The lowest BCUT2D eigenvalue weighted by Gasteiger charge is -2.23. The highest BCUT2D eigenvalue weighted by atomic mass is 35.5. The topological polar surface area (TPSA) is 150 Å². The highest BCUT2D eigenvalue weighted by Crippen LogP contribution is 2.32. The first-order valence-corrected chi connectivity index (χ1v) is 14.5. The number of aromatic nitrogens is 4. The quantitative estimate of drug-likeness (QED) is 0.111. The van der Waals surface area contributed by atoms with Crippen molar-refractivity contribution in [1.29, 1.82) is 5.26 Å². The number of hydrogen-bond acceptors (Lipinski definition) is 9. The van der Waals surface area contributed by atoms with E-state index in [0.717, 1.165) is 24.3 Å². The number of imidazole rings is 1. The van der Waals surface area contributed by atoms with Crippen LogP contribution >= 0.6 is 11.6 Å². The second kappa shape index (κ2) is 13.5. The van der Waals surface area contributed by atoms with Crippen molar-refractivity contribution in [3.63, 3.8) is 0 Å². The van der Waals surface area contributed by atoms with E-state index in [1.807, 2.05) is 0 Å². The largest absolute Gasteiger partial charge is 0.416 e. The Morgan fingerprint density at radius 3 is 2.06 bits per heavy atom. The average Bonchev–Trinajstić information content (AvgIpc) is 3.35. The van der Waals surface area contributed by atoms with Gasteiger partial charge in [-0.15, -0.1) is 0 Å². The van der Waals surface area contributed by atoms with E-state index in [1.165, 1.54) is 48.8 Å². The fraction of sp³-hybridized carbons (Fsp3) is 0.156. The molecular formula is C32H24ClF6N9O. The number of fused-ring (bicyclic) bond motifs is 1. The van der Waals surface area contributed by atoms with Gasteiger partial charge in [-0.3, -0.25) is 10.3 Å². The number of nitrogens with one attached hydrogen (secondary N) is 2. The molecule has 252 valence electrons. The number of nitrogens with zero attached hydrogens (tertiary/aromatic N) is 6. The highest BCUT2D eigenvalue weighted by Gasteiger charge is 2.31. The standard InChI is InChI=1S/C20H12ClF3N6.C12H12F3N3O/c1-11-27-19-16(8-14(21)10-26-19)30(11)18-7-12(9-25)6-17(29-18)28-15-4-2-13(3-5-15)20(22,23)24;13-12(14,15)8-1-3-9(4-2-8)18-10-7-11(16,19)5-6-17-10/h2-8,10H,1H3,(H,28,29);1-6,19H,7,16H2,(H,17,18). The first kappa shape index (κ1) is 34.8. The Morgan fingerprint density at radius 1 is 0.918 bits per heavy atom. The summed E-state index contributed by atoms with van der Waals surface area (Å²) in [6, 6.07) is 15.9. The molecule has 0 aliphatic carbocycles. The van der Waals surface area contributed by atoms with Crippen molar-refractivity contribution in [3.05, 3.63) is 113 Å². The molecule has 6 rings (SSSR count). The van der Waals surface area contributed by atoms with Crippen molar-refractivity contribution in [2.45, 2.75) is 31.4 Å². The minimum atomic E-state index is -4.42. The van der Waals surface area contributed by atoms with E-state index >= 15 is 0 Å². The van der Waals surface area contributed by atoms with Gasteiger partial charge >= 0.3 is 12.4 Å². The van der Waals surface area contributed by atoms with Crippen LogP contribution in [0.25, 0.3) is 17.0 Å². The average molecular weight is 700 g/mol. The Labute approximate surface area is 279 Å². The minimum Gasteiger partial charge on any atom is -0.372 e. The molecule has 1 aliphatic rings. The molecule has 5 aromatic rings. The number of amidine groups is 1. The Hall–Kier alpha value is -5.50.